The Hall–Kier alpha value is -1.89. The molecule has 0 saturated heterocycles. The van der Waals surface area contributed by atoms with E-state index in [9.17, 15) is 26.7 Å². The van der Waals surface area contributed by atoms with Gasteiger partial charge in [-0.2, -0.15) is 13.2 Å². The average Bonchev–Trinajstić information content (AvgIpc) is 2.31. The van der Waals surface area contributed by atoms with Gasteiger partial charge in [-0.3, -0.25) is 4.79 Å². The number of H-pyrrole nitrogens is 1. The van der Waals surface area contributed by atoms with Crippen LogP contribution in [0.5, 0.6) is 0 Å². The van der Waals surface area contributed by atoms with Crippen LogP contribution in [0.2, 0.25) is 5.02 Å². The summed E-state index contributed by atoms with van der Waals surface area (Å²) in [5.74, 6) is -2.99. The van der Waals surface area contributed by atoms with Crippen LogP contribution >= 0.6 is 11.6 Å². The molecule has 8 heteroatoms. The van der Waals surface area contributed by atoms with Gasteiger partial charge in [0, 0.05) is 6.20 Å². The number of alkyl halides is 3. The van der Waals surface area contributed by atoms with Crippen molar-refractivity contribution in [2.45, 2.75) is 6.18 Å². The standard InChI is InChI=1S/C12H5ClF5NO/c13-6-3-7(11(20)19-4-6)10-8(14)1-5(2-9(10)15)12(16,17)18/h1-4H,(H,19,20). The summed E-state index contributed by atoms with van der Waals surface area (Å²) in [5, 5.41) is -0.0155. The number of hydrogen-bond acceptors (Lipinski definition) is 1. The van der Waals surface area contributed by atoms with Crippen molar-refractivity contribution >= 4 is 11.6 Å². The van der Waals surface area contributed by atoms with Crippen molar-refractivity contribution in [2.75, 3.05) is 0 Å². The highest BCUT2D eigenvalue weighted by Crippen LogP contribution is 2.34. The summed E-state index contributed by atoms with van der Waals surface area (Å²) in [6, 6.07) is 1.21. The van der Waals surface area contributed by atoms with Crippen LogP contribution in [0.3, 0.4) is 0 Å². The summed E-state index contributed by atoms with van der Waals surface area (Å²) in [7, 11) is 0. The third-order valence-corrected chi connectivity index (χ3v) is 2.72. The Morgan fingerprint density at radius 1 is 1.05 bits per heavy atom. The molecule has 20 heavy (non-hydrogen) atoms. The van der Waals surface area contributed by atoms with Gasteiger partial charge in [0.1, 0.15) is 11.6 Å². The molecular formula is C12H5ClF5NO. The molecule has 0 radical (unpaired) electrons. The summed E-state index contributed by atoms with van der Waals surface area (Å²) in [6.45, 7) is 0. The number of halogens is 6. The fourth-order valence-corrected chi connectivity index (χ4v) is 1.80. The second-order valence-electron chi connectivity index (χ2n) is 3.87. The molecule has 0 aliphatic carbocycles. The van der Waals surface area contributed by atoms with Gasteiger partial charge in [-0.25, -0.2) is 8.78 Å². The van der Waals surface area contributed by atoms with E-state index < -0.39 is 40.1 Å². The lowest BCUT2D eigenvalue weighted by atomic mass is 10.0. The van der Waals surface area contributed by atoms with E-state index in [-0.39, 0.29) is 17.2 Å². The Morgan fingerprint density at radius 2 is 1.60 bits per heavy atom. The minimum Gasteiger partial charge on any atom is -0.327 e. The molecule has 2 aromatic rings. The number of pyridine rings is 1. The first kappa shape index (κ1) is 14.5. The summed E-state index contributed by atoms with van der Waals surface area (Å²) in [4.78, 5) is 13.6. The first-order valence-electron chi connectivity index (χ1n) is 5.15. The zero-order chi connectivity index (χ0) is 15.1. The van der Waals surface area contributed by atoms with Crippen LogP contribution in [-0.2, 0) is 6.18 Å². The molecule has 1 N–H and O–H groups in total. The van der Waals surface area contributed by atoms with Crippen LogP contribution in [0.15, 0.2) is 29.2 Å². The van der Waals surface area contributed by atoms with E-state index in [4.69, 9.17) is 11.6 Å². The van der Waals surface area contributed by atoms with E-state index in [2.05, 4.69) is 4.98 Å². The van der Waals surface area contributed by atoms with Crippen LogP contribution < -0.4 is 5.56 Å². The first-order chi connectivity index (χ1) is 9.20. The predicted molar refractivity (Wildman–Crippen MR) is 62.4 cm³/mol. The summed E-state index contributed by atoms with van der Waals surface area (Å²) in [5.41, 5.74) is -3.69. The van der Waals surface area contributed by atoms with Crippen molar-refractivity contribution < 1.29 is 22.0 Å². The molecule has 0 fully saturated rings. The summed E-state index contributed by atoms with van der Waals surface area (Å²) >= 11 is 5.58. The van der Waals surface area contributed by atoms with E-state index >= 15 is 0 Å². The molecule has 106 valence electrons. The van der Waals surface area contributed by atoms with Crippen molar-refractivity contribution in [3.05, 3.63) is 57.0 Å². The number of nitrogens with one attached hydrogen (secondary N) is 1. The largest absolute Gasteiger partial charge is 0.416 e. The summed E-state index contributed by atoms with van der Waals surface area (Å²) in [6.07, 6.45) is -3.80. The van der Waals surface area contributed by atoms with E-state index in [0.717, 1.165) is 12.3 Å². The molecule has 1 aromatic carbocycles. The molecule has 0 atom stereocenters. The Balaban J connectivity index is 2.71. The molecule has 0 bridgehead atoms. The fraction of sp³-hybridized carbons (Fsp3) is 0.0833. The van der Waals surface area contributed by atoms with Gasteiger partial charge in [-0.15, -0.1) is 0 Å². The molecule has 0 spiro atoms. The van der Waals surface area contributed by atoms with Crippen LogP contribution in [0, 0.1) is 11.6 Å². The molecule has 0 aliphatic heterocycles. The number of aromatic nitrogens is 1. The number of rotatable bonds is 1. The minimum atomic E-state index is -4.89. The predicted octanol–water partition coefficient (Wildman–Crippen LogP) is 3.99. The van der Waals surface area contributed by atoms with Gasteiger partial charge in [0.25, 0.3) is 5.56 Å². The van der Waals surface area contributed by atoms with Crippen molar-refractivity contribution in [3.63, 3.8) is 0 Å². The van der Waals surface area contributed by atoms with Crippen LogP contribution in [0.1, 0.15) is 5.56 Å². The van der Waals surface area contributed by atoms with E-state index in [1.54, 1.807) is 0 Å². The van der Waals surface area contributed by atoms with Gasteiger partial charge in [0.05, 0.1) is 21.7 Å². The Labute approximate surface area is 113 Å². The Bertz CT molecular complexity index is 700. The zero-order valence-electron chi connectivity index (χ0n) is 9.49. The monoisotopic (exact) mass is 309 g/mol. The lowest BCUT2D eigenvalue weighted by Crippen LogP contribution is -2.12. The summed E-state index contributed by atoms with van der Waals surface area (Å²) < 4.78 is 64.6. The molecule has 1 heterocycles. The van der Waals surface area contributed by atoms with Gasteiger partial charge < -0.3 is 4.98 Å². The molecule has 0 aliphatic rings. The molecule has 0 saturated carbocycles. The van der Waals surface area contributed by atoms with E-state index in [1.165, 1.54) is 0 Å². The van der Waals surface area contributed by atoms with Crippen LogP contribution in [-0.4, -0.2) is 4.98 Å². The highest BCUT2D eigenvalue weighted by molar-refractivity contribution is 6.30. The van der Waals surface area contributed by atoms with Crippen LogP contribution in [0.4, 0.5) is 22.0 Å². The number of hydrogen-bond donors (Lipinski definition) is 1. The van der Waals surface area contributed by atoms with Crippen molar-refractivity contribution in [3.8, 4) is 11.1 Å². The molecule has 0 amide bonds. The number of aromatic amines is 1. The van der Waals surface area contributed by atoms with Gasteiger partial charge in [0.2, 0.25) is 0 Å². The minimum absolute atomic E-state index is 0.0155. The second-order valence-corrected chi connectivity index (χ2v) is 4.31. The number of benzene rings is 1. The smallest absolute Gasteiger partial charge is 0.327 e. The maximum absolute atomic E-state index is 13.7. The SMILES string of the molecule is O=c1[nH]cc(Cl)cc1-c1c(F)cc(C(F)(F)F)cc1F. The molecule has 2 nitrogen and oxygen atoms in total. The normalized spacial score (nSPS) is 11.7. The lowest BCUT2D eigenvalue weighted by molar-refractivity contribution is -0.137. The maximum Gasteiger partial charge on any atom is 0.416 e. The zero-order valence-corrected chi connectivity index (χ0v) is 10.2. The third-order valence-electron chi connectivity index (χ3n) is 2.51. The Kier molecular flexibility index (Phi) is 3.56. The molecule has 2 rings (SSSR count). The first-order valence-corrected chi connectivity index (χ1v) is 5.53. The highest BCUT2D eigenvalue weighted by atomic mass is 35.5. The Morgan fingerprint density at radius 3 is 2.10 bits per heavy atom. The van der Waals surface area contributed by atoms with Crippen molar-refractivity contribution in [1.29, 1.82) is 0 Å². The molecular weight excluding hydrogens is 305 g/mol. The topological polar surface area (TPSA) is 32.9 Å². The van der Waals surface area contributed by atoms with Crippen molar-refractivity contribution in [1.82, 2.24) is 4.98 Å². The van der Waals surface area contributed by atoms with Gasteiger partial charge in [-0.1, -0.05) is 11.6 Å². The van der Waals surface area contributed by atoms with E-state index in [1.807, 2.05) is 0 Å². The quantitative estimate of drug-likeness (QED) is 0.794. The maximum atomic E-state index is 13.7. The average molecular weight is 310 g/mol. The van der Waals surface area contributed by atoms with Crippen molar-refractivity contribution in [2.24, 2.45) is 0 Å². The lowest BCUT2D eigenvalue weighted by Gasteiger charge is -2.10. The van der Waals surface area contributed by atoms with Crippen LogP contribution in [0.25, 0.3) is 11.1 Å². The highest BCUT2D eigenvalue weighted by Gasteiger charge is 2.33. The van der Waals surface area contributed by atoms with E-state index in [0.29, 0.717) is 0 Å². The molecule has 0 unspecified atom stereocenters. The van der Waals surface area contributed by atoms with Gasteiger partial charge in [-0.05, 0) is 18.2 Å². The van der Waals surface area contributed by atoms with Gasteiger partial charge >= 0.3 is 6.18 Å². The molecule has 1 aromatic heterocycles. The second kappa shape index (κ2) is 4.90. The third kappa shape index (κ3) is 2.67. The van der Waals surface area contributed by atoms with Gasteiger partial charge in [0.15, 0.2) is 0 Å². The fourth-order valence-electron chi connectivity index (χ4n) is 1.64.